The molecule has 0 saturated heterocycles. The van der Waals surface area contributed by atoms with Crippen LogP contribution in [0.25, 0.3) is 0 Å². The van der Waals surface area contributed by atoms with Gasteiger partial charge in [-0.3, -0.25) is 4.79 Å². The molecule has 1 fully saturated rings. The zero-order valence-electron chi connectivity index (χ0n) is 14.4. The van der Waals surface area contributed by atoms with Crippen LogP contribution in [0.3, 0.4) is 0 Å². The predicted octanol–water partition coefficient (Wildman–Crippen LogP) is 3.84. The summed E-state index contributed by atoms with van der Waals surface area (Å²) in [5, 5.41) is 2.52. The number of nitrogens with one attached hydrogen (secondary N) is 2. The third-order valence-corrected chi connectivity index (χ3v) is 6.31. The van der Waals surface area contributed by atoms with Crippen molar-refractivity contribution in [2.24, 2.45) is 0 Å². The van der Waals surface area contributed by atoms with Gasteiger partial charge in [0.05, 0.1) is 16.0 Å². The number of benzene rings is 2. The standard InChI is InChI=1S/C18H16BrF3N2O3S/c19-16-7-6-14(28(26,27)24-13-4-5-13)9-15(16)17(25)23-10-11-2-1-3-12(8-11)18(20,21)22/h1-3,6-9,13,24H,4-5,10H2,(H,23,25). The Morgan fingerprint density at radius 1 is 1.14 bits per heavy atom. The summed E-state index contributed by atoms with van der Waals surface area (Å²) in [6, 6.07) is 8.60. The summed E-state index contributed by atoms with van der Waals surface area (Å²) >= 11 is 3.20. The van der Waals surface area contributed by atoms with Crippen molar-refractivity contribution >= 4 is 31.9 Å². The quantitative estimate of drug-likeness (QED) is 0.664. The van der Waals surface area contributed by atoms with E-state index in [-0.39, 0.29) is 28.6 Å². The first-order chi connectivity index (χ1) is 13.1. The van der Waals surface area contributed by atoms with Gasteiger partial charge in [-0.05, 0) is 64.7 Å². The highest BCUT2D eigenvalue weighted by Gasteiger charge is 2.30. The van der Waals surface area contributed by atoms with E-state index >= 15 is 0 Å². The van der Waals surface area contributed by atoms with Gasteiger partial charge in [-0.2, -0.15) is 13.2 Å². The van der Waals surface area contributed by atoms with Crippen LogP contribution in [0.4, 0.5) is 13.2 Å². The van der Waals surface area contributed by atoms with Crippen molar-refractivity contribution in [2.45, 2.75) is 36.5 Å². The van der Waals surface area contributed by atoms with Gasteiger partial charge in [0.15, 0.2) is 0 Å². The number of sulfonamides is 1. The molecule has 0 bridgehead atoms. The van der Waals surface area contributed by atoms with Crippen molar-refractivity contribution < 1.29 is 26.4 Å². The van der Waals surface area contributed by atoms with Crippen LogP contribution in [-0.4, -0.2) is 20.4 Å². The van der Waals surface area contributed by atoms with Gasteiger partial charge in [0, 0.05) is 17.1 Å². The maximum atomic E-state index is 12.8. The zero-order chi connectivity index (χ0) is 20.5. The minimum absolute atomic E-state index is 0.0492. The molecule has 1 amide bonds. The predicted molar refractivity (Wildman–Crippen MR) is 100 cm³/mol. The first-order valence-electron chi connectivity index (χ1n) is 8.32. The second-order valence-electron chi connectivity index (χ2n) is 6.42. The van der Waals surface area contributed by atoms with Crippen molar-refractivity contribution in [3.05, 3.63) is 63.6 Å². The smallest absolute Gasteiger partial charge is 0.348 e. The van der Waals surface area contributed by atoms with Crippen molar-refractivity contribution in [3.8, 4) is 0 Å². The molecule has 10 heteroatoms. The Balaban J connectivity index is 1.75. The van der Waals surface area contributed by atoms with Gasteiger partial charge >= 0.3 is 6.18 Å². The van der Waals surface area contributed by atoms with E-state index in [1.165, 1.54) is 30.3 Å². The number of alkyl halides is 3. The maximum absolute atomic E-state index is 12.8. The zero-order valence-corrected chi connectivity index (χ0v) is 16.8. The van der Waals surface area contributed by atoms with Crippen LogP contribution in [0.15, 0.2) is 51.8 Å². The van der Waals surface area contributed by atoms with Crippen molar-refractivity contribution in [1.82, 2.24) is 10.0 Å². The molecule has 1 saturated carbocycles. The fourth-order valence-corrected chi connectivity index (χ4v) is 4.23. The third kappa shape index (κ3) is 5.12. The molecular formula is C18H16BrF3N2O3S. The van der Waals surface area contributed by atoms with Gasteiger partial charge in [0.1, 0.15) is 0 Å². The Bertz CT molecular complexity index is 1010. The highest BCUT2D eigenvalue weighted by molar-refractivity contribution is 9.10. The van der Waals surface area contributed by atoms with Crippen LogP contribution in [0.1, 0.15) is 34.3 Å². The van der Waals surface area contributed by atoms with E-state index in [4.69, 9.17) is 0 Å². The normalized spacial score (nSPS) is 14.7. The molecule has 28 heavy (non-hydrogen) atoms. The molecule has 1 aliphatic rings. The Hall–Kier alpha value is -1.91. The molecule has 0 aromatic heterocycles. The van der Waals surface area contributed by atoms with E-state index in [0.29, 0.717) is 4.47 Å². The molecule has 0 unspecified atom stereocenters. The lowest BCUT2D eigenvalue weighted by Crippen LogP contribution is -2.27. The molecule has 2 aromatic rings. The first-order valence-corrected chi connectivity index (χ1v) is 10.6. The molecule has 2 N–H and O–H groups in total. The first kappa shape index (κ1) is 20.8. The summed E-state index contributed by atoms with van der Waals surface area (Å²) in [5.74, 6) is -0.604. The number of hydrogen-bond acceptors (Lipinski definition) is 3. The van der Waals surface area contributed by atoms with Gasteiger partial charge in [-0.25, -0.2) is 13.1 Å². The lowest BCUT2D eigenvalue weighted by Gasteiger charge is -2.11. The van der Waals surface area contributed by atoms with Gasteiger partial charge in [0.25, 0.3) is 5.91 Å². The minimum atomic E-state index is -4.47. The summed E-state index contributed by atoms with van der Waals surface area (Å²) in [7, 11) is -3.73. The molecule has 2 aromatic carbocycles. The van der Waals surface area contributed by atoms with Crippen molar-refractivity contribution in [1.29, 1.82) is 0 Å². The Kier molecular flexibility index (Phi) is 5.83. The van der Waals surface area contributed by atoms with Crippen LogP contribution in [-0.2, 0) is 22.7 Å². The van der Waals surface area contributed by atoms with Crippen molar-refractivity contribution in [3.63, 3.8) is 0 Å². The summed E-state index contributed by atoms with van der Waals surface area (Å²) < 4.78 is 65.9. The van der Waals surface area contributed by atoms with E-state index in [2.05, 4.69) is 26.0 Å². The summed E-state index contributed by atoms with van der Waals surface area (Å²) in [5.41, 5.74) is -0.455. The van der Waals surface area contributed by atoms with Crippen LogP contribution in [0.5, 0.6) is 0 Å². The summed E-state index contributed by atoms with van der Waals surface area (Å²) in [6.45, 7) is -0.132. The molecule has 3 rings (SSSR count). The van der Waals surface area contributed by atoms with E-state index < -0.39 is 27.7 Å². The average Bonchev–Trinajstić information content (AvgIpc) is 3.42. The minimum Gasteiger partial charge on any atom is -0.348 e. The third-order valence-electron chi connectivity index (χ3n) is 4.10. The van der Waals surface area contributed by atoms with Crippen LogP contribution < -0.4 is 10.0 Å². The molecule has 0 radical (unpaired) electrons. The Morgan fingerprint density at radius 3 is 2.50 bits per heavy atom. The number of hydrogen-bond donors (Lipinski definition) is 2. The second kappa shape index (κ2) is 7.84. The van der Waals surface area contributed by atoms with Crippen LogP contribution >= 0.6 is 15.9 Å². The lowest BCUT2D eigenvalue weighted by molar-refractivity contribution is -0.137. The summed E-state index contributed by atoms with van der Waals surface area (Å²) in [6.07, 6.45) is -2.92. The number of carbonyl (C=O) groups excluding carboxylic acids is 1. The highest BCUT2D eigenvalue weighted by Crippen LogP contribution is 2.29. The molecule has 150 valence electrons. The average molecular weight is 477 g/mol. The van der Waals surface area contributed by atoms with Gasteiger partial charge in [-0.15, -0.1) is 0 Å². The van der Waals surface area contributed by atoms with E-state index in [1.54, 1.807) is 0 Å². The molecular weight excluding hydrogens is 461 g/mol. The number of rotatable bonds is 6. The summed E-state index contributed by atoms with van der Waals surface area (Å²) in [4.78, 5) is 12.4. The van der Waals surface area contributed by atoms with Gasteiger partial charge in [0.2, 0.25) is 10.0 Å². The lowest BCUT2D eigenvalue weighted by atomic mass is 10.1. The van der Waals surface area contributed by atoms with Crippen LogP contribution in [0, 0.1) is 0 Å². The molecule has 0 atom stereocenters. The van der Waals surface area contributed by atoms with Gasteiger partial charge in [-0.1, -0.05) is 12.1 Å². The van der Waals surface area contributed by atoms with E-state index in [1.807, 2.05) is 0 Å². The fraction of sp³-hybridized carbons (Fsp3) is 0.278. The topological polar surface area (TPSA) is 75.3 Å². The number of halogens is 4. The Morgan fingerprint density at radius 2 is 1.86 bits per heavy atom. The SMILES string of the molecule is O=C(NCc1cccc(C(F)(F)F)c1)c1cc(S(=O)(=O)NC2CC2)ccc1Br. The molecule has 1 aliphatic carbocycles. The number of amides is 1. The molecule has 0 heterocycles. The fourth-order valence-electron chi connectivity index (χ4n) is 2.47. The molecule has 5 nitrogen and oxygen atoms in total. The van der Waals surface area contributed by atoms with Crippen LogP contribution in [0.2, 0.25) is 0 Å². The molecule has 0 spiro atoms. The van der Waals surface area contributed by atoms with E-state index in [0.717, 1.165) is 25.0 Å². The Labute approximate surface area is 168 Å². The highest BCUT2D eigenvalue weighted by atomic mass is 79.9. The number of carbonyl (C=O) groups is 1. The monoisotopic (exact) mass is 476 g/mol. The maximum Gasteiger partial charge on any atom is 0.416 e. The molecule has 0 aliphatic heterocycles. The van der Waals surface area contributed by atoms with Gasteiger partial charge < -0.3 is 5.32 Å². The van der Waals surface area contributed by atoms with Crippen molar-refractivity contribution in [2.75, 3.05) is 0 Å². The second-order valence-corrected chi connectivity index (χ2v) is 8.99. The van der Waals surface area contributed by atoms with E-state index in [9.17, 15) is 26.4 Å². The largest absolute Gasteiger partial charge is 0.416 e.